The average molecular weight is 333 g/mol. The molecule has 0 aliphatic carbocycles. The Balaban J connectivity index is 2.12. The van der Waals surface area contributed by atoms with Crippen LogP contribution in [-0.2, 0) is 0 Å². The number of fused-ring (bicyclic) bond motifs is 1. The van der Waals surface area contributed by atoms with Crippen LogP contribution in [0.1, 0.15) is 43.2 Å². The number of aromatic nitrogens is 2. The Morgan fingerprint density at radius 2 is 2.00 bits per heavy atom. The number of nitrogens with one attached hydrogen (secondary N) is 1. The van der Waals surface area contributed by atoms with Crippen LogP contribution in [0.3, 0.4) is 0 Å². The van der Waals surface area contributed by atoms with Crippen LogP contribution in [0.25, 0.3) is 0 Å². The van der Waals surface area contributed by atoms with Crippen molar-refractivity contribution in [1.29, 1.82) is 0 Å². The molecule has 0 saturated heterocycles. The van der Waals surface area contributed by atoms with E-state index in [1.54, 1.807) is 23.5 Å². The van der Waals surface area contributed by atoms with E-state index < -0.39 is 0 Å². The fourth-order valence-electron chi connectivity index (χ4n) is 2.60. The van der Waals surface area contributed by atoms with Crippen LogP contribution >= 0.6 is 23.5 Å². The van der Waals surface area contributed by atoms with Crippen LogP contribution < -0.4 is 5.56 Å². The Kier molecular flexibility index (Phi) is 4.23. The van der Waals surface area contributed by atoms with Gasteiger partial charge < -0.3 is 0 Å². The Morgan fingerprint density at radius 3 is 2.59 bits per heavy atom. The predicted octanol–water partition coefficient (Wildman–Crippen LogP) is 4.37. The molecule has 0 unspecified atom stereocenters. The quantitative estimate of drug-likeness (QED) is 0.849. The van der Waals surface area contributed by atoms with E-state index in [1.165, 1.54) is 4.90 Å². The van der Waals surface area contributed by atoms with Gasteiger partial charge in [-0.3, -0.25) is 14.6 Å². The number of thioether (sulfide) groups is 2. The SMILES string of the molecule is CSc1ccc([C@H]2SC(C)=Nc3c2c(=O)[nH]n3C(C)C)cc1. The molecule has 0 fully saturated rings. The zero-order chi connectivity index (χ0) is 15.9. The van der Waals surface area contributed by atoms with E-state index in [2.05, 4.69) is 40.6 Å². The smallest absolute Gasteiger partial charge is 0.268 e. The Bertz CT molecular complexity index is 772. The highest BCUT2D eigenvalue weighted by Gasteiger charge is 2.30. The van der Waals surface area contributed by atoms with Crippen molar-refractivity contribution in [2.75, 3.05) is 6.26 Å². The number of aromatic amines is 1. The van der Waals surface area contributed by atoms with Crippen LogP contribution in [0.15, 0.2) is 38.9 Å². The number of aliphatic imine (C=N–C) groups is 1. The van der Waals surface area contributed by atoms with Crippen molar-refractivity contribution in [1.82, 2.24) is 9.78 Å². The summed E-state index contributed by atoms with van der Waals surface area (Å²) in [6, 6.07) is 8.61. The standard InChI is InChI=1S/C16H19N3OS2/c1-9(2)19-15-13(16(20)18-19)14(22-10(3)17-15)11-5-7-12(21-4)8-6-11/h5-9,14H,1-4H3,(H,18,20)/t14-/m1/s1. The monoisotopic (exact) mass is 333 g/mol. The third-order valence-electron chi connectivity index (χ3n) is 3.68. The summed E-state index contributed by atoms with van der Waals surface area (Å²) in [7, 11) is 0. The molecular weight excluding hydrogens is 314 g/mol. The topological polar surface area (TPSA) is 50.1 Å². The molecule has 0 radical (unpaired) electrons. The van der Waals surface area contributed by atoms with Crippen molar-refractivity contribution in [2.45, 2.75) is 37.0 Å². The number of H-pyrrole nitrogens is 1. The molecule has 0 amide bonds. The molecule has 3 rings (SSSR count). The zero-order valence-corrected chi connectivity index (χ0v) is 14.7. The van der Waals surface area contributed by atoms with Crippen LogP contribution in [0, 0.1) is 0 Å². The van der Waals surface area contributed by atoms with E-state index in [4.69, 9.17) is 0 Å². The summed E-state index contributed by atoms with van der Waals surface area (Å²) in [5.74, 6) is 0.773. The molecule has 1 aliphatic heterocycles. The van der Waals surface area contributed by atoms with Crippen molar-refractivity contribution in [3.63, 3.8) is 0 Å². The molecule has 1 aromatic heterocycles. The van der Waals surface area contributed by atoms with Crippen molar-refractivity contribution in [2.24, 2.45) is 4.99 Å². The second-order valence-electron chi connectivity index (χ2n) is 5.54. The number of hydrogen-bond donors (Lipinski definition) is 1. The van der Waals surface area contributed by atoms with Crippen molar-refractivity contribution < 1.29 is 0 Å². The van der Waals surface area contributed by atoms with Gasteiger partial charge in [0.05, 0.1) is 15.9 Å². The molecular formula is C16H19N3OS2. The lowest BCUT2D eigenvalue weighted by Gasteiger charge is -2.21. The van der Waals surface area contributed by atoms with E-state index in [0.717, 1.165) is 22.0 Å². The molecule has 2 aromatic rings. The van der Waals surface area contributed by atoms with E-state index in [0.29, 0.717) is 0 Å². The van der Waals surface area contributed by atoms with Gasteiger partial charge >= 0.3 is 0 Å². The first-order valence-electron chi connectivity index (χ1n) is 7.21. The lowest BCUT2D eigenvalue weighted by molar-refractivity contribution is 0.533. The molecule has 0 bridgehead atoms. The van der Waals surface area contributed by atoms with E-state index in [1.807, 2.05) is 25.5 Å². The summed E-state index contributed by atoms with van der Waals surface area (Å²) in [6.45, 7) is 6.09. The van der Waals surface area contributed by atoms with Crippen LogP contribution in [0.2, 0.25) is 0 Å². The van der Waals surface area contributed by atoms with Gasteiger partial charge in [-0.25, -0.2) is 4.99 Å². The molecule has 1 atom stereocenters. The summed E-state index contributed by atoms with van der Waals surface area (Å²) in [6.07, 6.45) is 2.06. The highest BCUT2D eigenvalue weighted by Crippen LogP contribution is 2.44. The Labute approximate surface area is 138 Å². The van der Waals surface area contributed by atoms with Gasteiger partial charge in [0.15, 0.2) is 5.82 Å². The molecule has 2 heterocycles. The predicted molar refractivity (Wildman–Crippen MR) is 95.9 cm³/mol. The van der Waals surface area contributed by atoms with E-state index in [9.17, 15) is 4.79 Å². The normalized spacial score (nSPS) is 17.5. The van der Waals surface area contributed by atoms with Crippen LogP contribution in [0.4, 0.5) is 5.82 Å². The molecule has 1 N–H and O–H groups in total. The maximum atomic E-state index is 12.4. The summed E-state index contributed by atoms with van der Waals surface area (Å²) >= 11 is 3.36. The number of rotatable bonds is 3. The summed E-state index contributed by atoms with van der Waals surface area (Å²) in [5.41, 5.74) is 1.87. The fraction of sp³-hybridized carbons (Fsp3) is 0.375. The summed E-state index contributed by atoms with van der Waals surface area (Å²) in [4.78, 5) is 18.3. The first kappa shape index (κ1) is 15.5. The average Bonchev–Trinajstić information content (AvgIpc) is 2.84. The van der Waals surface area contributed by atoms with Gasteiger partial charge in [0.25, 0.3) is 5.56 Å². The van der Waals surface area contributed by atoms with Crippen molar-refractivity contribution >= 4 is 34.4 Å². The maximum absolute atomic E-state index is 12.4. The molecule has 1 aromatic carbocycles. The fourth-order valence-corrected chi connectivity index (χ4v) is 4.11. The Hall–Kier alpha value is -1.40. The van der Waals surface area contributed by atoms with Gasteiger partial charge in [0.2, 0.25) is 0 Å². The van der Waals surface area contributed by atoms with Gasteiger partial charge in [0, 0.05) is 10.9 Å². The largest absolute Gasteiger partial charge is 0.271 e. The second-order valence-corrected chi connectivity index (χ2v) is 7.72. The van der Waals surface area contributed by atoms with Crippen molar-refractivity contribution in [3.05, 3.63) is 45.7 Å². The van der Waals surface area contributed by atoms with Crippen LogP contribution in [-0.4, -0.2) is 21.1 Å². The lowest BCUT2D eigenvalue weighted by Crippen LogP contribution is -2.13. The number of benzene rings is 1. The molecule has 0 spiro atoms. The molecule has 1 aliphatic rings. The summed E-state index contributed by atoms with van der Waals surface area (Å²) < 4.78 is 1.87. The van der Waals surface area contributed by atoms with Gasteiger partial charge in [-0.15, -0.1) is 11.8 Å². The highest BCUT2D eigenvalue weighted by atomic mass is 32.2. The highest BCUT2D eigenvalue weighted by molar-refractivity contribution is 8.14. The third kappa shape index (κ3) is 2.65. The molecule has 6 heteroatoms. The molecule has 22 heavy (non-hydrogen) atoms. The van der Waals surface area contributed by atoms with Gasteiger partial charge in [-0.05, 0) is 44.7 Å². The minimum Gasteiger partial charge on any atom is -0.268 e. The van der Waals surface area contributed by atoms with Gasteiger partial charge in [-0.2, -0.15) is 0 Å². The minimum atomic E-state index is -0.0357. The summed E-state index contributed by atoms with van der Waals surface area (Å²) in [5, 5.41) is 3.93. The van der Waals surface area contributed by atoms with E-state index >= 15 is 0 Å². The molecule has 4 nitrogen and oxygen atoms in total. The number of hydrogen-bond acceptors (Lipinski definition) is 4. The molecule has 116 valence electrons. The maximum Gasteiger partial charge on any atom is 0.271 e. The first-order chi connectivity index (χ1) is 10.5. The van der Waals surface area contributed by atoms with Crippen molar-refractivity contribution in [3.8, 4) is 0 Å². The first-order valence-corrected chi connectivity index (χ1v) is 9.32. The van der Waals surface area contributed by atoms with Gasteiger partial charge in [0.1, 0.15) is 0 Å². The number of nitrogens with zero attached hydrogens (tertiary/aromatic N) is 2. The van der Waals surface area contributed by atoms with Gasteiger partial charge in [-0.1, -0.05) is 23.9 Å². The Morgan fingerprint density at radius 1 is 1.32 bits per heavy atom. The van der Waals surface area contributed by atoms with Crippen LogP contribution in [0.5, 0.6) is 0 Å². The minimum absolute atomic E-state index is 0.00663. The lowest BCUT2D eigenvalue weighted by atomic mass is 10.1. The molecule has 0 saturated carbocycles. The zero-order valence-electron chi connectivity index (χ0n) is 13.1. The second kappa shape index (κ2) is 6.01. The van der Waals surface area contributed by atoms with E-state index in [-0.39, 0.29) is 16.9 Å². The third-order valence-corrected chi connectivity index (χ3v) is 5.60.